The van der Waals surface area contributed by atoms with Crippen LogP contribution in [0.1, 0.15) is 18.9 Å². The molecule has 1 aromatic carbocycles. The number of carbonyl (C=O) groups is 1. The van der Waals surface area contributed by atoms with Crippen LogP contribution in [0.15, 0.2) is 24.3 Å². The molecule has 0 aromatic heterocycles. The number of halogens is 1. The molecule has 100 valence electrons. The maximum Gasteiger partial charge on any atom is 0.220 e. The molecule has 0 saturated carbocycles. The predicted octanol–water partition coefficient (Wildman–Crippen LogP) is 1.73. The first-order valence-electron chi connectivity index (χ1n) is 6.27. The Labute approximate surface area is 108 Å². The molecule has 1 rings (SSSR count). The molecule has 0 aliphatic rings. The summed E-state index contributed by atoms with van der Waals surface area (Å²) < 4.78 is 13.0. The monoisotopic (exact) mass is 252 g/mol. The van der Waals surface area contributed by atoms with Gasteiger partial charge < -0.3 is 10.6 Å². The summed E-state index contributed by atoms with van der Waals surface area (Å²) in [5.74, 6) is 0.0358. The van der Waals surface area contributed by atoms with Crippen molar-refractivity contribution in [2.75, 3.05) is 20.1 Å². The highest BCUT2D eigenvalue weighted by molar-refractivity contribution is 5.76. The number of hydrogen-bond acceptors (Lipinski definition) is 2. The molecule has 4 heteroatoms. The van der Waals surface area contributed by atoms with Crippen LogP contribution in [0, 0.1) is 11.7 Å². The summed E-state index contributed by atoms with van der Waals surface area (Å²) in [6.07, 6.45) is 1.19. The Bertz CT molecular complexity index is 382. The third-order valence-corrected chi connectivity index (χ3v) is 2.70. The van der Waals surface area contributed by atoms with Crippen LogP contribution in [0.25, 0.3) is 0 Å². The van der Waals surface area contributed by atoms with E-state index >= 15 is 0 Å². The Morgan fingerprint density at radius 3 is 2.83 bits per heavy atom. The average Bonchev–Trinajstić information content (AvgIpc) is 2.29. The van der Waals surface area contributed by atoms with Gasteiger partial charge in [-0.25, -0.2) is 4.39 Å². The lowest BCUT2D eigenvalue weighted by molar-refractivity contribution is -0.121. The van der Waals surface area contributed by atoms with Gasteiger partial charge in [-0.05, 0) is 37.1 Å². The Morgan fingerprint density at radius 2 is 2.17 bits per heavy atom. The van der Waals surface area contributed by atoms with E-state index in [1.165, 1.54) is 12.1 Å². The topological polar surface area (TPSA) is 41.1 Å². The van der Waals surface area contributed by atoms with E-state index in [9.17, 15) is 9.18 Å². The van der Waals surface area contributed by atoms with E-state index in [0.717, 1.165) is 18.5 Å². The Balaban J connectivity index is 2.32. The van der Waals surface area contributed by atoms with E-state index < -0.39 is 0 Å². The second-order valence-electron chi connectivity index (χ2n) is 4.60. The van der Waals surface area contributed by atoms with Crippen molar-refractivity contribution in [1.82, 2.24) is 10.6 Å². The summed E-state index contributed by atoms with van der Waals surface area (Å²) in [5.41, 5.74) is 0.936. The lowest BCUT2D eigenvalue weighted by Crippen LogP contribution is -2.31. The fourth-order valence-corrected chi connectivity index (χ4v) is 1.85. The van der Waals surface area contributed by atoms with Crippen molar-refractivity contribution in [2.24, 2.45) is 5.92 Å². The second kappa shape index (κ2) is 7.82. The highest BCUT2D eigenvalue weighted by atomic mass is 19.1. The van der Waals surface area contributed by atoms with E-state index in [4.69, 9.17) is 0 Å². The standard InChI is InChI=1S/C14H21FN2O/c1-11(9-14(18)17-7-6-16-2)8-12-4-3-5-13(15)10-12/h3-5,10-11,16H,6-9H2,1-2H3,(H,17,18). The van der Waals surface area contributed by atoms with Crippen molar-refractivity contribution >= 4 is 5.91 Å². The Hall–Kier alpha value is -1.42. The van der Waals surface area contributed by atoms with Gasteiger partial charge in [-0.1, -0.05) is 19.1 Å². The summed E-state index contributed by atoms with van der Waals surface area (Å²) in [6, 6.07) is 6.54. The largest absolute Gasteiger partial charge is 0.355 e. The molecule has 1 aromatic rings. The molecule has 1 atom stereocenters. The van der Waals surface area contributed by atoms with E-state index in [1.807, 2.05) is 20.0 Å². The zero-order valence-electron chi connectivity index (χ0n) is 11.0. The molecule has 18 heavy (non-hydrogen) atoms. The maximum absolute atomic E-state index is 13.0. The zero-order valence-corrected chi connectivity index (χ0v) is 11.0. The van der Waals surface area contributed by atoms with Gasteiger partial charge in [-0.3, -0.25) is 4.79 Å². The van der Waals surface area contributed by atoms with Gasteiger partial charge >= 0.3 is 0 Å². The van der Waals surface area contributed by atoms with Gasteiger partial charge in [0.1, 0.15) is 5.82 Å². The molecule has 0 saturated heterocycles. The van der Waals surface area contributed by atoms with Crippen LogP contribution < -0.4 is 10.6 Å². The quantitative estimate of drug-likeness (QED) is 0.726. The highest BCUT2D eigenvalue weighted by Gasteiger charge is 2.09. The van der Waals surface area contributed by atoms with E-state index in [0.29, 0.717) is 13.0 Å². The first kappa shape index (κ1) is 14.6. The minimum atomic E-state index is -0.224. The van der Waals surface area contributed by atoms with Crippen molar-refractivity contribution in [3.63, 3.8) is 0 Å². The lowest BCUT2D eigenvalue weighted by Gasteiger charge is -2.11. The van der Waals surface area contributed by atoms with E-state index in [-0.39, 0.29) is 17.6 Å². The summed E-state index contributed by atoms with van der Waals surface area (Å²) in [7, 11) is 1.85. The number of hydrogen-bond donors (Lipinski definition) is 2. The molecule has 1 amide bonds. The van der Waals surface area contributed by atoms with Crippen molar-refractivity contribution < 1.29 is 9.18 Å². The van der Waals surface area contributed by atoms with E-state index in [1.54, 1.807) is 6.07 Å². The van der Waals surface area contributed by atoms with Crippen LogP contribution in [-0.2, 0) is 11.2 Å². The first-order valence-corrected chi connectivity index (χ1v) is 6.27. The van der Waals surface area contributed by atoms with Gasteiger partial charge in [0.2, 0.25) is 5.91 Å². The van der Waals surface area contributed by atoms with Crippen molar-refractivity contribution in [3.05, 3.63) is 35.6 Å². The average molecular weight is 252 g/mol. The number of benzene rings is 1. The first-order chi connectivity index (χ1) is 8.61. The van der Waals surface area contributed by atoms with Crippen LogP contribution >= 0.6 is 0 Å². The molecule has 0 bridgehead atoms. The third-order valence-electron chi connectivity index (χ3n) is 2.70. The summed E-state index contributed by atoms with van der Waals surface area (Å²) in [6.45, 7) is 3.41. The van der Waals surface area contributed by atoms with E-state index in [2.05, 4.69) is 10.6 Å². The van der Waals surface area contributed by atoms with Crippen LogP contribution in [0.5, 0.6) is 0 Å². The van der Waals surface area contributed by atoms with Gasteiger partial charge in [0, 0.05) is 19.5 Å². The molecule has 3 nitrogen and oxygen atoms in total. The zero-order chi connectivity index (χ0) is 13.4. The third kappa shape index (κ3) is 5.77. The van der Waals surface area contributed by atoms with Gasteiger partial charge in [0.05, 0.1) is 0 Å². The molecule has 0 aliphatic heterocycles. The van der Waals surface area contributed by atoms with Gasteiger partial charge in [0.25, 0.3) is 0 Å². The van der Waals surface area contributed by atoms with Crippen LogP contribution in [0.4, 0.5) is 4.39 Å². The lowest BCUT2D eigenvalue weighted by atomic mass is 9.98. The SMILES string of the molecule is CNCCNC(=O)CC(C)Cc1cccc(F)c1. The molecule has 0 fully saturated rings. The van der Waals surface area contributed by atoms with Crippen LogP contribution in [0.3, 0.4) is 0 Å². The fourth-order valence-electron chi connectivity index (χ4n) is 1.85. The fraction of sp³-hybridized carbons (Fsp3) is 0.500. The van der Waals surface area contributed by atoms with Gasteiger partial charge in [-0.2, -0.15) is 0 Å². The molecule has 2 N–H and O–H groups in total. The molecule has 1 unspecified atom stereocenters. The molecule has 0 radical (unpaired) electrons. The summed E-state index contributed by atoms with van der Waals surface area (Å²) in [4.78, 5) is 11.6. The number of rotatable bonds is 7. The van der Waals surface area contributed by atoms with Crippen molar-refractivity contribution in [1.29, 1.82) is 0 Å². The normalized spacial score (nSPS) is 12.2. The van der Waals surface area contributed by atoms with Crippen molar-refractivity contribution in [3.8, 4) is 0 Å². The predicted molar refractivity (Wildman–Crippen MR) is 70.8 cm³/mol. The Morgan fingerprint density at radius 1 is 1.39 bits per heavy atom. The van der Waals surface area contributed by atoms with Gasteiger partial charge in [-0.15, -0.1) is 0 Å². The molecule has 0 spiro atoms. The van der Waals surface area contributed by atoms with Gasteiger partial charge in [0.15, 0.2) is 0 Å². The van der Waals surface area contributed by atoms with Crippen molar-refractivity contribution in [2.45, 2.75) is 19.8 Å². The van der Waals surface area contributed by atoms with Crippen LogP contribution in [0.2, 0.25) is 0 Å². The summed E-state index contributed by atoms with van der Waals surface area (Å²) >= 11 is 0. The molecule has 0 heterocycles. The number of nitrogens with one attached hydrogen (secondary N) is 2. The number of amides is 1. The second-order valence-corrected chi connectivity index (χ2v) is 4.60. The maximum atomic E-state index is 13.0. The molecule has 0 aliphatic carbocycles. The smallest absolute Gasteiger partial charge is 0.220 e. The minimum absolute atomic E-state index is 0.0501. The minimum Gasteiger partial charge on any atom is -0.355 e. The Kier molecular flexibility index (Phi) is 6.36. The molecular weight excluding hydrogens is 231 g/mol. The number of likely N-dealkylation sites (N-methyl/N-ethyl adjacent to an activating group) is 1. The number of carbonyl (C=O) groups excluding carboxylic acids is 1. The highest BCUT2D eigenvalue weighted by Crippen LogP contribution is 2.12. The van der Waals surface area contributed by atoms with Crippen LogP contribution in [-0.4, -0.2) is 26.0 Å². The summed E-state index contributed by atoms with van der Waals surface area (Å²) in [5, 5.41) is 5.80. The molecular formula is C14H21FN2O.